The van der Waals surface area contributed by atoms with E-state index in [1.807, 2.05) is 0 Å². The lowest BCUT2D eigenvalue weighted by molar-refractivity contribution is 0.405. The van der Waals surface area contributed by atoms with Crippen molar-refractivity contribution < 1.29 is 4.74 Å². The Balaban J connectivity index is 2.63. The fraction of sp³-hybridized carbons (Fsp3) is 0.600. The maximum atomic E-state index is 5.49. The van der Waals surface area contributed by atoms with Crippen LogP contribution in [-0.2, 0) is 6.42 Å². The van der Waals surface area contributed by atoms with E-state index >= 15 is 0 Å². The molecule has 0 aliphatic carbocycles. The summed E-state index contributed by atoms with van der Waals surface area (Å²) in [6.07, 6.45) is 2.23. The molecule has 0 atom stereocenters. The molecule has 96 valence electrons. The second-order valence-corrected chi connectivity index (χ2v) is 4.99. The van der Waals surface area contributed by atoms with Crippen LogP contribution in [0.4, 0.5) is 0 Å². The standard InChI is InChI=1S/C15H25NO/c1-11(2)16-8-6-7-14-10-12(3)9-13(4)15(14)17-5/h9-11,16H,6-8H2,1-5H3. The maximum Gasteiger partial charge on any atom is 0.124 e. The number of benzene rings is 1. The topological polar surface area (TPSA) is 21.3 Å². The molecule has 17 heavy (non-hydrogen) atoms. The molecule has 1 rings (SSSR count). The van der Waals surface area contributed by atoms with E-state index < -0.39 is 0 Å². The predicted molar refractivity (Wildman–Crippen MR) is 73.9 cm³/mol. The van der Waals surface area contributed by atoms with Crippen molar-refractivity contribution in [2.24, 2.45) is 0 Å². The van der Waals surface area contributed by atoms with Crippen LogP contribution in [0, 0.1) is 13.8 Å². The van der Waals surface area contributed by atoms with E-state index in [2.05, 4.69) is 45.1 Å². The number of aryl methyl sites for hydroxylation is 3. The SMILES string of the molecule is COc1c(C)cc(C)cc1CCCNC(C)C. The van der Waals surface area contributed by atoms with Gasteiger partial charge in [-0.25, -0.2) is 0 Å². The third-order valence-corrected chi connectivity index (χ3v) is 2.88. The first kappa shape index (κ1) is 14.0. The Bertz CT molecular complexity index is 358. The zero-order valence-corrected chi connectivity index (χ0v) is 11.8. The highest BCUT2D eigenvalue weighted by atomic mass is 16.5. The number of hydrogen-bond acceptors (Lipinski definition) is 2. The molecule has 0 aliphatic heterocycles. The second kappa shape index (κ2) is 6.65. The minimum atomic E-state index is 0.566. The fourth-order valence-corrected chi connectivity index (χ4v) is 2.19. The van der Waals surface area contributed by atoms with Gasteiger partial charge in [0, 0.05) is 6.04 Å². The molecule has 0 aliphatic rings. The van der Waals surface area contributed by atoms with Crippen LogP contribution in [0.5, 0.6) is 5.75 Å². The lowest BCUT2D eigenvalue weighted by Crippen LogP contribution is -2.23. The maximum absolute atomic E-state index is 5.49. The summed E-state index contributed by atoms with van der Waals surface area (Å²) < 4.78 is 5.49. The molecule has 0 amide bonds. The number of ether oxygens (including phenoxy) is 1. The summed E-state index contributed by atoms with van der Waals surface area (Å²) in [6.45, 7) is 9.67. The van der Waals surface area contributed by atoms with Crippen LogP contribution in [0.3, 0.4) is 0 Å². The summed E-state index contributed by atoms with van der Waals surface area (Å²) >= 11 is 0. The van der Waals surface area contributed by atoms with Gasteiger partial charge in [-0.05, 0) is 44.4 Å². The van der Waals surface area contributed by atoms with Gasteiger partial charge in [-0.2, -0.15) is 0 Å². The molecule has 0 saturated carbocycles. The van der Waals surface area contributed by atoms with Crippen molar-refractivity contribution in [3.8, 4) is 5.75 Å². The lowest BCUT2D eigenvalue weighted by Gasteiger charge is -2.13. The number of hydrogen-bond donors (Lipinski definition) is 1. The smallest absolute Gasteiger partial charge is 0.124 e. The van der Waals surface area contributed by atoms with Gasteiger partial charge in [0.2, 0.25) is 0 Å². The van der Waals surface area contributed by atoms with Crippen LogP contribution in [0.25, 0.3) is 0 Å². The Morgan fingerprint density at radius 2 is 1.94 bits per heavy atom. The van der Waals surface area contributed by atoms with E-state index in [9.17, 15) is 0 Å². The van der Waals surface area contributed by atoms with Crippen LogP contribution in [0.2, 0.25) is 0 Å². The van der Waals surface area contributed by atoms with E-state index in [0.29, 0.717) is 6.04 Å². The summed E-state index contributed by atoms with van der Waals surface area (Å²) in [4.78, 5) is 0. The highest BCUT2D eigenvalue weighted by Gasteiger charge is 2.07. The molecule has 1 N–H and O–H groups in total. The van der Waals surface area contributed by atoms with Crippen molar-refractivity contribution in [2.75, 3.05) is 13.7 Å². The quantitative estimate of drug-likeness (QED) is 0.764. The number of methoxy groups -OCH3 is 1. The van der Waals surface area contributed by atoms with Crippen LogP contribution in [0.15, 0.2) is 12.1 Å². The summed E-state index contributed by atoms with van der Waals surface area (Å²) in [5.74, 6) is 1.06. The Kier molecular flexibility index (Phi) is 5.49. The molecule has 1 aromatic carbocycles. The molecule has 0 spiro atoms. The highest BCUT2D eigenvalue weighted by molar-refractivity contribution is 5.43. The van der Waals surface area contributed by atoms with Gasteiger partial charge in [0.1, 0.15) is 5.75 Å². The van der Waals surface area contributed by atoms with Crippen molar-refractivity contribution >= 4 is 0 Å². The number of rotatable bonds is 6. The van der Waals surface area contributed by atoms with Gasteiger partial charge in [0.05, 0.1) is 7.11 Å². The van der Waals surface area contributed by atoms with Crippen LogP contribution in [-0.4, -0.2) is 19.7 Å². The lowest BCUT2D eigenvalue weighted by atomic mass is 10.0. The predicted octanol–water partition coefficient (Wildman–Crippen LogP) is 3.24. The number of nitrogens with one attached hydrogen (secondary N) is 1. The monoisotopic (exact) mass is 235 g/mol. The van der Waals surface area contributed by atoms with Crippen molar-refractivity contribution in [1.29, 1.82) is 0 Å². The summed E-state index contributed by atoms with van der Waals surface area (Å²) in [7, 11) is 1.76. The largest absolute Gasteiger partial charge is 0.496 e. The third-order valence-electron chi connectivity index (χ3n) is 2.88. The average molecular weight is 235 g/mol. The normalized spacial score (nSPS) is 10.9. The van der Waals surface area contributed by atoms with Crippen molar-refractivity contribution in [3.63, 3.8) is 0 Å². The molecule has 0 fully saturated rings. The first-order valence-corrected chi connectivity index (χ1v) is 6.42. The van der Waals surface area contributed by atoms with Gasteiger partial charge >= 0.3 is 0 Å². The first-order chi connectivity index (χ1) is 8.04. The molecule has 0 radical (unpaired) electrons. The molecular formula is C15H25NO. The van der Waals surface area contributed by atoms with Crippen molar-refractivity contribution in [3.05, 3.63) is 28.8 Å². The van der Waals surface area contributed by atoms with E-state index in [4.69, 9.17) is 4.74 Å². The van der Waals surface area contributed by atoms with E-state index in [0.717, 1.165) is 25.1 Å². The molecule has 0 heterocycles. The van der Waals surface area contributed by atoms with Crippen molar-refractivity contribution in [1.82, 2.24) is 5.32 Å². The molecule has 0 bridgehead atoms. The summed E-state index contributed by atoms with van der Waals surface area (Å²) in [6, 6.07) is 4.98. The Morgan fingerprint density at radius 1 is 1.24 bits per heavy atom. The van der Waals surface area contributed by atoms with Gasteiger partial charge in [-0.3, -0.25) is 0 Å². The fourth-order valence-electron chi connectivity index (χ4n) is 2.19. The molecule has 1 aromatic rings. The van der Waals surface area contributed by atoms with Gasteiger partial charge in [-0.15, -0.1) is 0 Å². The summed E-state index contributed by atoms with van der Waals surface area (Å²) in [5, 5.41) is 3.44. The van der Waals surface area contributed by atoms with E-state index in [1.165, 1.54) is 16.7 Å². The van der Waals surface area contributed by atoms with Crippen LogP contribution in [0.1, 0.15) is 37.0 Å². The molecule has 2 heteroatoms. The molecule has 0 saturated heterocycles. The van der Waals surface area contributed by atoms with Gasteiger partial charge in [0.15, 0.2) is 0 Å². The van der Waals surface area contributed by atoms with Crippen LogP contribution >= 0.6 is 0 Å². The summed E-state index contributed by atoms with van der Waals surface area (Å²) in [5.41, 5.74) is 3.88. The van der Waals surface area contributed by atoms with Gasteiger partial charge in [0.25, 0.3) is 0 Å². The van der Waals surface area contributed by atoms with Crippen LogP contribution < -0.4 is 10.1 Å². The van der Waals surface area contributed by atoms with E-state index in [-0.39, 0.29) is 0 Å². The zero-order chi connectivity index (χ0) is 12.8. The highest BCUT2D eigenvalue weighted by Crippen LogP contribution is 2.25. The average Bonchev–Trinajstić information content (AvgIpc) is 2.23. The molecular weight excluding hydrogens is 210 g/mol. The molecule has 0 aromatic heterocycles. The van der Waals surface area contributed by atoms with Gasteiger partial charge < -0.3 is 10.1 Å². The molecule has 2 nitrogen and oxygen atoms in total. The Labute approximate surface area is 105 Å². The Hall–Kier alpha value is -1.02. The van der Waals surface area contributed by atoms with Crippen molar-refractivity contribution in [2.45, 2.75) is 46.6 Å². The minimum Gasteiger partial charge on any atom is -0.496 e. The zero-order valence-electron chi connectivity index (χ0n) is 11.8. The Morgan fingerprint density at radius 3 is 2.53 bits per heavy atom. The minimum absolute atomic E-state index is 0.566. The first-order valence-electron chi connectivity index (χ1n) is 6.42. The third kappa shape index (κ3) is 4.39. The van der Waals surface area contributed by atoms with E-state index in [1.54, 1.807) is 7.11 Å². The molecule has 0 unspecified atom stereocenters. The second-order valence-electron chi connectivity index (χ2n) is 4.99. The van der Waals surface area contributed by atoms with Gasteiger partial charge in [-0.1, -0.05) is 31.5 Å².